The number of carbonyl (C=O) groups is 1. The fourth-order valence-corrected chi connectivity index (χ4v) is 4.45. The molecular weight excluding hydrogens is 423 g/mol. The molecule has 0 aromatic heterocycles. The molecule has 0 aliphatic carbocycles. The van der Waals surface area contributed by atoms with Crippen molar-refractivity contribution >= 4 is 17.1 Å². The lowest BCUT2D eigenvalue weighted by atomic mass is 10.2. The second-order valence-electron chi connectivity index (χ2n) is 6.66. The first-order valence-electron chi connectivity index (χ1n) is 9.12. The minimum atomic E-state index is -4.78. The zero-order valence-electron chi connectivity index (χ0n) is 15.8. The third-order valence-corrected chi connectivity index (χ3v) is 6.29. The van der Waals surface area contributed by atoms with E-state index in [0.29, 0.717) is 23.6 Å². The van der Waals surface area contributed by atoms with E-state index in [4.69, 9.17) is 9.84 Å². The summed E-state index contributed by atoms with van der Waals surface area (Å²) in [5.74, 6) is -0.119. The van der Waals surface area contributed by atoms with Crippen LogP contribution in [0.15, 0.2) is 53.4 Å². The summed E-state index contributed by atoms with van der Waals surface area (Å²) in [6, 6.07) is 11.6. The van der Waals surface area contributed by atoms with Crippen molar-refractivity contribution in [3.8, 4) is 11.5 Å². The molecule has 0 radical (unpaired) electrons. The highest BCUT2D eigenvalue weighted by Gasteiger charge is 2.35. The number of halogens is 3. The average molecular weight is 443 g/mol. The number of amides is 1. The topological polar surface area (TPSA) is 82.1 Å². The van der Waals surface area contributed by atoms with Crippen LogP contribution in [0, 0.1) is 0 Å². The van der Waals surface area contributed by atoms with Crippen LogP contribution in [0.2, 0.25) is 0 Å². The summed E-state index contributed by atoms with van der Waals surface area (Å²) in [5.41, 5.74) is 0.733. The van der Waals surface area contributed by atoms with Gasteiger partial charge in [0.25, 0.3) is 5.91 Å². The molecule has 6 nitrogen and oxygen atoms in total. The second kappa shape index (κ2) is 9.59. The number of alkyl halides is 3. The summed E-state index contributed by atoms with van der Waals surface area (Å²) in [5, 5.41) is 8.71. The Balaban J connectivity index is 1.50. The molecule has 10 heteroatoms. The van der Waals surface area contributed by atoms with Crippen molar-refractivity contribution < 1.29 is 37.1 Å². The highest BCUT2D eigenvalue weighted by atomic mass is 32.2. The van der Waals surface area contributed by atoms with Crippen molar-refractivity contribution in [2.45, 2.75) is 29.5 Å². The van der Waals surface area contributed by atoms with Gasteiger partial charge in [0.05, 0.1) is 13.2 Å². The molecule has 2 unspecified atom stereocenters. The van der Waals surface area contributed by atoms with Gasteiger partial charge in [0.15, 0.2) is 11.5 Å². The summed E-state index contributed by atoms with van der Waals surface area (Å²) in [7, 11) is 0. The molecule has 0 bridgehead atoms. The standard InChI is InChI=1S/C20H20F3NO5S/c21-20(22,23)29-16-5-7-17(8-6-16)30(27)18-9-10-24(11-18)19(26)13-28-15-3-1-14(12-25)2-4-15/h1-8,18,25H,9-13H2. The Labute approximate surface area is 174 Å². The van der Waals surface area contributed by atoms with Crippen LogP contribution in [0.25, 0.3) is 0 Å². The predicted molar refractivity (Wildman–Crippen MR) is 102 cm³/mol. The molecule has 3 rings (SSSR count). The lowest BCUT2D eigenvalue weighted by molar-refractivity contribution is -0.274. The number of likely N-dealkylation sites (tertiary alicyclic amines) is 1. The quantitative estimate of drug-likeness (QED) is 0.666. The molecule has 1 N–H and O–H groups in total. The van der Waals surface area contributed by atoms with Crippen molar-refractivity contribution in [3.05, 3.63) is 54.1 Å². The fraction of sp³-hybridized carbons (Fsp3) is 0.350. The van der Waals surface area contributed by atoms with E-state index in [2.05, 4.69) is 4.74 Å². The molecular formula is C20H20F3NO5S. The molecule has 1 aliphatic rings. The minimum absolute atomic E-state index is 0.0798. The maximum atomic E-state index is 12.7. The van der Waals surface area contributed by atoms with E-state index in [-0.39, 0.29) is 36.7 Å². The number of hydrogen-bond donors (Lipinski definition) is 1. The third kappa shape index (κ3) is 6.04. The number of benzene rings is 2. The number of aliphatic hydroxyl groups excluding tert-OH is 1. The molecule has 1 saturated heterocycles. The first-order valence-corrected chi connectivity index (χ1v) is 10.3. The maximum absolute atomic E-state index is 12.7. The Kier molecular flexibility index (Phi) is 7.11. The van der Waals surface area contributed by atoms with E-state index in [0.717, 1.165) is 17.7 Å². The Hall–Kier alpha value is -2.43. The molecule has 1 heterocycles. The molecule has 1 amide bonds. The Morgan fingerprint density at radius 2 is 1.77 bits per heavy atom. The second-order valence-corrected chi connectivity index (χ2v) is 8.39. The van der Waals surface area contributed by atoms with Gasteiger partial charge in [0.2, 0.25) is 0 Å². The van der Waals surface area contributed by atoms with E-state index in [9.17, 15) is 22.5 Å². The van der Waals surface area contributed by atoms with E-state index in [1.807, 2.05) is 0 Å². The Morgan fingerprint density at radius 3 is 2.37 bits per heavy atom. The molecule has 162 valence electrons. The molecule has 0 spiro atoms. The van der Waals surface area contributed by atoms with Crippen molar-refractivity contribution in [3.63, 3.8) is 0 Å². The highest BCUT2D eigenvalue weighted by Crippen LogP contribution is 2.28. The van der Waals surface area contributed by atoms with Gasteiger partial charge < -0.3 is 24.0 Å². The molecule has 2 atom stereocenters. The number of rotatable bonds is 7. The van der Waals surface area contributed by atoms with Crippen LogP contribution in [-0.4, -0.2) is 51.8 Å². The van der Waals surface area contributed by atoms with Crippen LogP contribution in [-0.2, 0) is 22.6 Å². The zero-order valence-corrected chi connectivity index (χ0v) is 16.6. The lowest BCUT2D eigenvalue weighted by Crippen LogP contribution is -2.35. The summed E-state index contributed by atoms with van der Waals surface area (Å²) < 4.78 is 58.7. The molecule has 30 heavy (non-hydrogen) atoms. The molecule has 2 aromatic rings. The van der Waals surface area contributed by atoms with Crippen molar-refractivity contribution in [2.75, 3.05) is 19.7 Å². The van der Waals surface area contributed by atoms with Crippen LogP contribution in [0.4, 0.5) is 13.2 Å². The number of aliphatic hydroxyl groups is 1. The molecule has 1 fully saturated rings. The van der Waals surface area contributed by atoms with Crippen molar-refractivity contribution in [1.29, 1.82) is 0 Å². The number of ether oxygens (including phenoxy) is 2. The van der Waals surface area contributed by atoms with Crippen LogP contribution < -0.4 is 9.47 Å². The summed E-state index contributed by atoms with van der Waals surface area (Å²) in [4.78, 5) is 14.3. The maximum Gasteiger partial charge on any atom is 0.573 e. The van der Waals surface area contributed by atoms with Gasteiger partial charge >= 0.3 is 6.36 Å². The monoisotopic (exact) mass is 443 g/mol. The predicted octanol–water partition coefficient (Wildman–Crippen LogP) is 2.87. The smallest absolute Gasteiger partial charge is 0.573 e. The molecule has 1 aliphatic heterocycles. The summed E-state index contributed by atoms with van der Waals surface area (Å²) >= 11 is -1.47. The van der Waals surface area contributed by atoms with Gasteiger partial charge in [0.1, 0.15) is 16.7 Å². The van der Waals surface area contributed by atoms with Gasteiger partial charge in [-0.25, -0.2) is 0 Å². The SMILES string of the molecule is O=C(COc1ccc(CO)cc1)N1CCC([S+]([O-])c2ccc(OC(F)(F)F)cc2)C1. The van der Waals surface area contributed by atoms with Crippen LogP contribution in [0.5, 0.6) is 11.5 Å². The normalized spacial score (nSPS) is 17.6. The van der Waals surface area contributed by atoms with Gasteiger partial charge in [-0.05, 0) is 53.1 Å². The first kappa shape index (κ1) is 22.3. The van der Waals surface area contributed by atoms with Crippen LogP contribution in [0.1, 0.15) is 12.0 Å². The summed E-state index contributed by atoms with van der Waals surface area (Å²) in [6.07, 6.45) is -4.26. The molecule has 0 saturated carbocycles. The Morgan fingerprint density at radius 1 is 1.13 bits per heavy atom. The average Bonchev–Trinajstić information content (AvgIpc) is 3.21. The van der Waals surface area contributed by atoms with E-state index in [1.165, 1.54) is 12.1 Å². The van der Waals surface area contributed by atoms with Gasteiger partial charge in [0, 0.05) is 13.0 Å². The van der Waals surface area contributed by atoms with Crippen molar-refractivity contribution in [2.24, 2.45) is 0 Å². The highest BCUT2D eigenvalue weighted by molar-refractivity contribution is 7.92. The summed E-state index contributed by atoms with van der Waals surface area (Å²) in [6.45, 7) is 0.460. The van der Waals surface area contributed by atoms with Gasteiger partial charge in [-0.2, -0.15) is 0 Å². The number of hydrogen-bond acceptors (Lipinski definition) is 5. The van der Waals surface area contributed by atoms with Crippen molar-refractivity contribution in [1.82, 2.24) is 4.90 Å². The minimum Gasteiger partial charge on any atom is -0.611 e. The molecule has 2 aromatic carbocycles. The van der Waals surface area contributed by atoms with Gasteiger partial charge in [-0.15, -0.1) is 13.2 Å². The first-order chi connectivity index (χ1) is 14.2. The number of carbonyl (C=O) groups excluding carboxylic acids is 1. The third-order valence-electron chi connectivity index (χ3n) is 4.56. The van der Waals surface area contributed by atoms with E-state index in [1.54, 1.807) is 29.2 Å². The van der Waals surface area contributed by atoms with Gasteiger partial charge in [-0.3, -0.25) is 4.79 Å². The zero-order chi connectivity index (χ0) is 21.7. The van der Waals surface area contributed by atoms with Gasteiger partial charge in [-0.1, -0.05) is 12.1 Å². The van der Waals surface area contributed by atoms with Crippen LogP contribution >= 0.6 is 0 Å². The lowest BCUT2D eigenvalue weighted by Gasteiger charge is -2.19. The Bertz CT molecular complexity index is 845. The van der Waals surface area contributed by atoms with E-state index < -0.39 is 17.5 Å². The van der Waals surface area contributed by atoms with Crippen LogP contribution in [0.3, 0.4) is 0 Å². The number of nitrogens with zero attached hydrogens (tertiary/aromatic N) is 1. The fourth-order valence-electron chi connectivity index (χ4n) is 3.02. The largest absolute Gasteiger partial charge is 0.611 e. The van der Waals surface area contributed by atoms with E-state index >= 15 is 0 Å².